The van der Waals surface area contributed by atoms with E-state index < -0.39 is 5.82 Å². The summed E-state index contributed by atoms with van der Waals surface area (Å²) in [5.41, 5.74) is 12.2. The van der Waals surface area contributed by atoms with Gasteiger partial charge in [-0.2, -0.15) is 0 Å². The number of anilines is 2. The maximum absolute atomic E-state index is 13.8. The highest BCUT2D eigenvalue weighted by Crippen LogP contribution is 2.35. The van der Waals surface area contributed by atoms with Crippen LogP contribution < -0.4 is 21.1 Å². The van der Waals surface area contributed by atoms with Crippen molar-refractivity contribution in [2.24, 2.45) is 5.73 Å². The van der Waals surface area contributed by atoms with Gasteiger partial charge in [0.05, 0.1) is 18.0 Å². The number of primary amides is 1. The monoisotopic (exact) mass is 281 g/mol. The van der Waals surface area contributed by atoms with E-state index in [9.17, 15) is 9.18 Å². The molecular weight excluding hydrogens is 261 g/mol. The van der Waals surface area contributed by atoms with Gasteiger partial charge in [0.2, 0.25) is 5.91 Å². The van der Waals surface area contributed by atoms with Crippen molar-refractivity contribution >= 4 is 17.3 Å². The van der Waals surface area contributed by atoms with Crippen LogP contribution in [0.1, 0.15) is 26.2 Å². The Balaban J connectivity index is 2.33. The lowest BCUT2D eigenvalue weighted by Gasteiger charge is -2.26. The topological polar surface area (TPSA) is 81.6 Å². The molecule has 1 aromatic rings. The van der Waals surface area contributed by atoms with Crippen LogP contribution in [-0.4, -0.2) is 25.1 Å². The van der Waals surface area contributed by atoms with Crippen LogP contribution in [0.5, 0.6) is 5.75 Å². The second-order valence-electron chi connectivity index (χ2n) is 4.94. The van der Waals surface area contributed by atoms with E-state index in [4.69, 9.17) is 16.2 Å². The van der Waals surface area contributed by atoms with E-state index in [-0.39, 0.29) is 17.7 Å². The molecule has 0 aromatic heterocycles. The molecule has 20 heavy (non-hydrogen) atoms. The number of halogens is 1. The Hall–Kier alpha value is -1.98. The summed E-state index contributed by atoms with van der Waals surface area (Å²) >= 11 is 0. The lowest BCUT2D eigenvalue weighted by Crippen LogP contribution is -2.40. The van der Waals surface area contributed by atoms with Gasteiger partial charge in [-0.1, -0.05) is 6.92 Å². The average Bonchev–Trinajstić information content (AvgIpc) is 2.87. The Bertz CT molecular complexity index is 507. The number of nitrogens with zero attached hydrogens (tertiary/aromatic N) is 1. The third-order valence-corrected chi connectivity index (χ3v) is 3.43. The molecule has 6 heteroatoms. The van der Waals surface area contributed by atoms with Crippen LogP contribution >= 0.6 is 0 Å². The molecular formula is C14H20FN3O2. The minimum Gasteiger partial charge on any atom is -0.490 e. The van der Waals surface area contributed by atoms with Crippen molar-refractivity contribution in [1.29, 1.82) is 0 Å². The lowest BCUT2D eigenvalue weighted by molar-refractivity contribution is -0.119. The van der Waals surface area contributed by atoms with Gasteiger partial charge in [0, 0.05) is 18.7 Å². The van der Waals surface area contributed by atoms with Crippen molar-refractivity contribution in [1.82, 2.24) is 0 Å². The molecule has 0 saturated carbocycles. The van der Waals surface area contributed by atoms with Crippen LogP contribution in [0.15, 0.2) is 12.1 Å². The zero-order chi connectivity index (χ0) is 14.7. The van der Waals surface area contributed by atoms with Crippen LogP contribution in [0.4, 0.5) is 15.8 Å². The largest absolute Gasteiger partial charge is 0.490 e. The first-order valence-corrected chi connectivity index (χ1v) is 6.82. The summed E-state index contributed by atoms with van der Waals surface area (Å²) in [6.07, 6.45) is 2.33. The summed E-state index contributed by atoms with van der Waals surface area (Å²) in [6, 6.07) is 2.40. The average molecular weight is 281 g/mol. The zero-order valence-electron chi connectivity index (χ0n) is 11.6. The van der Waals surface area contributed by atoms with E-state index in [1.54, 1.807) is 6.07 Å². The van der Waals surface area contributed by atoms with Crippen LogP contribution in [0.25, 0.3) is 0 Å². The van der Waals surface area contributed by atoms with Crippen molar-refractivity contribution in [3.05, 3.63) is 17.9 Å². The number of benzene rings is 1. The number of rotatable bonds is 5. The van der Waals surface area contributed by atoms with E-state index in [1.807, 2.05) is 11.8 Å². The molecule has 1 aromatic carbocycles. The number of carbonyl (C=O) groups excluding carboxylic acids is 1. The number of hydrogen-bond acceptors (Lipinski definition) is 4. The van der Waals surface area contributed by atoms with E-state index in [0.29, 0.717) is 30.9 Å². The summed E-state index contributed by atoms with van der Waals surface area (Å²) < 4.78 is 19.1. The van der Waals surface area contributed by atoms with Gasteiger partial charge in [-0.15, -0.1) is 0 Å². The molecule has 1 saturated heterocycles. The third-order valence-electron chi connectivity index (χ3n) is 3.43. The van der Waals surface area contributed by atoms with E-state index in [1.165, 1.54) is 6.07 Å². The van der Waals surface area contributed by atoms with Crippen LogP contribution in [-0.2, 0) is 4.79 Å². The zero-order valence-corrected chi connectivity index (χ0v) is 11.6. The van der Waals surface area contributed by atoms with Gasteiger partial charge in [-0.3, -0.25) is 4.79 Å². The van der Waals surface area contributed by atoms with Gasteiger partial charge in [0.25, 0.3) is 0 Å². The number of ether oxygens (including phenoxy) is 1. The predicted octanol–water partition coefficient (Wildman–Crippen LogP) is 1.65. The second kappa shape index (κ2) is 5.98. The van der Waals surface area contributed by atoms with E-state index in [2.05, 4.69) is 0 Å². The summed E-state index contributed by atoms with van der Waals surface area (Å²) in [4.78, 5) is 13.3. The molecule has 1 atom stereocenters. The smallest absolute Gasteiger partial charge is 0.240 e. The molecule has 1 aliphatic heterocycles. The fraction of sp³-hybridized carbons (Fsp3) is 0.500. The molecule has 0 radical (unpaired) electrons. The molecule has 1 aliphatic rings. The minimum absolute atomic E-state index is 0.158. The standard InChI is InChI=1S/C14H20FN3O2/c1-2-6-20-13-8-12(10(16)7-9(13)15)18-5-3-4-11(18)14(17)19/h7-8,11H,2-6,16H2,1H3,(H2,17,19). The Kier molecular flexibility index (Phi) is 4.32. The molecule has 0 aliphatic carbocycles. The number of hydrogen-bond donors (Lipinski definition) is 2. The highest BCUT2D eigenvalue weighted by atomic mass is 19.1. The lowest BCUT2D eigenvalue weighted by atomic mass is 10.1. The van der Waals surface area contributed by atoms with Gasteiger partial charge >= 0.3 is 0 Å². The Morgan fingerprint density at radius 2 is 2.30 bits per heavy atom. The summed E-state index contributed by atoms with van der Waals surface area (Å²) in [7, 11) is 0. The Morgan fingerprint density at radius 3 is 2.95 bits per heavy atom. The highest BCUT2D eigenvalue weighted by Gasteiger charge is 2.30. The van der Waals surface area contributed by atoms with E-state index >= 15 is 0 Å². The molecule has 1 unspecified atom stereocenters. The van der Waals surface area contributed by atoms with Gasteiger partial charge in [0.15, 0.2) is 11.6 Å². The number of nitrogens with two attached hydrogens (primary N) is 2. The molecule has 1 heterocycles. The molecule has 1 fully saturated rings. The van der Waals surface area contributed by atoms with Crippen molar-refractivity contribution < 1.29 is 13.9 Å². The normalized spacial score (nSPS) is 18.3. The van der Waals surface area contributed by atoms with Crippen LogP contribution in [0.2, 0.25) is 0 Å². The SMILES string of the molecule is CCCOc1cc(N2CCCC2C(N)=O)c(N)cc1F. The molecule has 110 valence electrons. The molecule has 4 N–H and O–H groups in total. The van der Waals surface area contributed by atoms with Gasteiger partial charge < -0.3 is 21.1 Å². The minimum atomic E-state index is -0.491. The highest BCUT2D eigenvalue weighted by molar-refractivity contribution is 5.86. The van der Waals surface area contributed by atoms with Crippen LogP contribution in [0.3, 0.4) is 0 Å². The Morgan fingerprint density at radius 1 is 1.55 bits per heavy atom. The van der Waals surface area contributed by atoms with Crippen LogP contribution in [0, 0.1) is 5.82 Å². The first-order valence-electron chi connectivity index (χ1n) is 6.82. The van der Waals surface area contributed by atoms with E-state index in [0.717, 1.165) is 12.8 Å². The van der Waals surface area contributed by atoms with Gasteiger partial charge in [-0.05, 0) is 19.3 Å². The number of nitrogen functional groups attached to an aromatic ring is 1. The molecule has 5 nitrogen and oxygen atoms in total. The molecule has 2 rings (SSSR count). The quantitative estimate of drug-likeness (QED) is 0.804. The van der Waals surface area contributed by atoms with Gasteiger partial charge in [-0.25, -0.2) is 4.39 Å². The fourth-order valence-corrected chi connectivity index (χ4v) is 2.48. The summed E-state index contributed by atoms with van der Waals surface area (Å²) in [5, 5.41) is 0. The number of carbonyl (C=O) groups is 1. The maximum atomic E-state index is 13.8. The number of amides is 1. The third kappa shape index (κ3) is 2.79. The first-order chi connectivity index (χ1) is 9.54. The summed E-state index contributed by atoms with van der Waals surface area (Å²) in [5.74, 6) is -0.719. The molecule has 1 amide bonds. The second-order valence-corrected chi connectivity index (χ2v) is 4.94. The van der Waals surface area contributed by atoms with Gasteiger partial charge in [0.1, 0.15) is 6.04 Å². The Labute approximate surface area is 117 Å². The van der Waals surface area contributed by atoms with Crippen molar-refractivity contribution in [2.45, 2.75) is 32.2 Å². The summed E-state index contributed by atoms with van der Waals surface area (Å²) in [6.45, 7) is 3.05. The first kappa shape index (κ1) is 14.4. The van der Waals surface area contributed by atoms with Crippen molar-refractivity contribution in [3.8, 4) is 5.75 Å². The fourth-order valence-electron chi connectivity index (χ4n) is 2.48. The van der Waals surface area contributed by atoms with Crippen molar-refractivity contribution in [2.75, 3.05) is 23.8 Å². The molecule has 0 bridgehead atoms. The molecule has 0 spiro atoms. The maximum Gasteiger partial charge on any atom is 0.240 e. The van der Waals surface area contributed by atoms with Crippen molar-refractivity contribution in [3.63, 3.8) is 0 Å². The predicted molar refractivity (Wildman–Crippen MR) is 76.2 cm³/mol.